The number of nitrogens with one attached hydrogen (secondary N) is 1. The van der Waals surface area contributed by atoms with E-state index in [-0.39, 0.29) is 5.75 Å². The number of hydrogen-bond donors (Lipinski definition) is 1. The molecule has 0 bridgehead atoms. The van der Waals surface area contributed by atoms with Crippen LogP contribution in [-0.4, -0.2) is 48.8 Å². The Morgan fingerprint density at radius 1 is 1.30 bits per heavy atom. The van der Waals surface area contributed by atoms with E-state index in [2.05, 4.69) is 20.4 Å². The standard InChI is InChI=1S/C21H23ClFN5O2/c1-24-21(28(2)13-14-7-8-18(29-3)17(23)11-14)25-10-9-19-26-20(27-30-19)15-5-4-6-16(22)12-15/h4-8,11-12H,9-10,13H2,1-3H3,(H,24,25). The van der Waals surface area contributed by atoms with Crippen LogP contribution in [0, 0.1) is 5.82 Å². The second-order valence-electron chi connectivity index (χ2n) is 6.57. The number of methoxy groups -OCH3 is 1. The van der Waals surface area contributed by atoms with Crippen LogP contribution in [0.15, 0.2) is 52.0 Å². The zero-order valence-corrected chi connectivity index (χ0v) is 17.8. The van der Waals surface area contributed by atoms with E-state index < -0.39 is 5.82 Å². The average Bonchev–Trinajstić information content (AvgIpc) is 3.20. The molecule has 0 unspecified atom stereocenters. The Labute approximate surface area is 179 Å². The first-order chi connectivity index (χ1) is 14.5. The molecule has 0 aliphatic carbocycles. The van der Waals surface area contributed by atoms with E-state index in [1.165, 1.54) is 13.2 Å². The predicted molar refractivity (Wildman–Crippen MR) is 114 cm³/mol. The normalized spacial score (nSPS) is 11.4. The lowest BCUT2D eigenvalue weighted by molar-refractivity contribution is 0.377. The lowest BCUT2D eigenvalue weighted by Gasteiger charge is -2.22. The fourth-order valence-electron chi connectivity index (χ4n) is 2.92. The van der Waals surface area contributed by atoms with Crippen LogP contribution in [-0.2, 0) is 13.0 Å². The van der Waals surface area contributed by atoms with Crippen LogP contribution in [0.5, 0.6) is 5.75 Å². The van der Waals surface area contributed by atoms with Gasteiger partial charge in [0.2, 0.25) is 11.7 Å². The summed E-state index contributed by atoms with van der Waals surface area (Å²) >= 11 is 6.01. The van der Waals surface area contributed by atoms with Crippen LogP contribution in [0.4, 0.5) is 4.39 Å². The Balaban J connectivity index is 1.54. The summed E-state index contributed by atoms with van der Waals surface area (Å²) in [6.07, 6.45) is 0.525. The van der Waals surface area contributed by atoms with Crippen molar-refractivity contribution in [2.75, 3.05) is 27.7 Å². The molecule has 0 saturated carbocycles. The van der Waals surface area contributed by atoms with Crippen molar-refractivity contribution in [2.24, 2.45) is 4.99 Å². The van der Waals surface area contributed by atoms with Crippen molar-refractivity contribution in [1.82, 2.24) is 20.4 Å². The third-order valence-corrected chi connectivity index (χ3v) is 4.62. The van der Waals surface area contributed by atoms with Gasteiger partial charge in [-0.2, -0.15) is 4.98 Å². The lowest BCUT2D eigenvalue weighted by Crippen LogP contribution is -2.39. The molecule has 0 spiro atoms. The number of aromatic nitrogens is 2. The van der Waals surface area contributed by atoms with Crippen LogP contribution in [0.3, 0.4) is 0 Å². The van der Waals surface area contributed by atoms with Gasteiger partial charge in [-0.15, -0.1) is 0 Å². The zero-order valence-electron chi connectivity index (χ0n) is 17.0. The molecule has 2 aromatic carbocycles. The summed E-state index contributed by atoms with van der Waals surface area (Å²) in [5.74, 6) is 1.50. The molecule has 3 rings (SSSR count). The van der Waals surface area contributed by atoms with Crippen LogP contribution in [0.1, 0.15) is 11.5 Å². The fourth-order valence-corrected chi connectivity index (χ4v) is 3.11. The maximum atomic E-state index is 13.9. The van der Waals surface area contributed by atoms with Gasteiger partial charge in [-0.05, 0) is 29.8 Å². The van der Waals surface area contributed by atoms with Crippen molar-refractivity contribution in [3.8, 4) is 17.1 Å². The molecule has 0 aliphatic heterocycles. The molecule has 0 aliphatic rings. The fraction of sp³-hybridized carbons (Fsp3) is 0.286. The Bertz CT molecular complexity index is 1020. The summed E-state index contributed by atoms with van der Waals surface area (Å²) in [4.78, 5) is 10.6. The topological polar surface area (TPSA) is 75.8 Å². The predicted octanol–water partition coefficient (Wildman–Crippen LogP) is 3.79. The van der Waals surface area contributed by atoms with Crippen molar-refractivity contribution in [1.29, 1.82) is 0 Å². The van der Waals surface area contributed by atoms with Gasteiger partial charge in [-0.1, -0.05) is 35.0 Å². The van der Waals surface area contributed by atoms with Crippen LogP contribution in [0.2, 0.25) is 5.02 Å². The minimum absolute atomic E-state index is 0.223. The molecule has 3 aromatic rings. The summed E-state index contributed by atoms with van der Waals surface area (Å²) in [5, 5.41) is 7.86. The Hall–Kier alpha value is -3.13. The Morgan fingerprint density at radius 3 is 2.83 bits per heavy atom. The molecule has 7 nitrogen and oxygen atoms in total. The quantitative estimate of drug-likeness (QED) is 0.453. The highest BCUT2D eigenvalue weighted by Gasteiger charge is 2.12. The number of ether oxygens (including phenoxy) is 1. The maximum absolute atomic E-state index is 13.9. The summed E-state index contributed by atoms with van der Waals surface area (Å²) in [6, 6.07) is 12.2. The smallest absolute Gasteiger partial charge is 0.228 e. The van der Waals surface area contributed by atoms with Gasteiger partial charge in [0, 0.05) is 44.2 Å². The zero-order chi connectivity index (χ0) is 21.5. The average molecular weight is 432 g/mol. The largest absolute Gasteiger partial charge is 0.494 e. The number of guanidine groups is 1. The minimum atomic E-state index is -0.391. The second-order valence-corrected chi connectivity index (χ2v) is 7.01. The highest BCUT2D eigenvalue weighted by atomic mass is 35.5. The van der Waals surface area contributed by atoms with Gasteiger partial charge >= 0.3 is 0 Å². The van der Waals surface area contributed by atoms with Gasteiger partial charge in [0.25, 0.3) is 0 Å². The van der Waals surface area contributed by atoms with Gasteiger partial charge in [-0.3, -0.25) is 4.99 Å². The maximum Gasteiger partial charge on any atom is 0.228 e. The molecule has 1 heterocycles. The van der Waals surface area contributed by atoms with Crippen LogP contribution < -0.4 is 10.1 Å². The number of nitrogens with zero attached hydrogens (tertiary/aromatic N) is 4. The first kappa shape index (κ1) is 21.6. The third kappa shape index (κ3) is 5.48. The molecule has 0 amide bonds. The molecule has 1 aromatic heterocycles. The van der Waals surface area contributed by atoms with Crippen LogP contribution in [0.25, 0.3) is 11.4 Å². The number of benzene rings is 2. The summed E-state index contributed by atoms with van der Waals surface area (Å²) in [5.41, 5.74) is 1.61. The second kappa shape index (κ2) is 10.1. The minimum Gasteiger partial charge on any atom is -0.494 e. The molecule has 9 heteroatoms. The van der Waals surface area contributed by atoms with Crippen molar-refractivity contribution in [3.63, 3.8) is 0 Å². The molecule has 30 heavy (non-hydrogen) atoms. The van der Waals surface area contributed by atoms with E-state index in [9.17, 15) is 4.39 Å². The van der Waals surface area contributed by atoms with Gasteiger partial charge in [0.15, 0.2) is 17.5 Å². The van der Waals surface area contributed by atoms with E-state index in [0.717, 1.165) is 11.1 Å². The van der Waals surface area contributed by atoms with Gasteiger partial charge in [0.05, 0.1) is 7.11 Å². The van der Waals surface area contributed by atoms with Crippen molar-refractivity contribution in [3.05, 3.63) is 64.8 Å². The number of aliphatic imine (C=N–C) groups is 1. The van der Waals surface area contributed by atoms with Gasteiger partial charge in [0.1, 0.15) is 0 Å². The first-order valence-corrected chi connectivity index (χ1v) is 9.70. The summed E-state index contributed by atoms with van der Waals surface area (Å²) < 4.78 is 24.2. The van der Waals surface area contributed by atoms with Crippen molar-refractivity contribution < 1.29 is 13.7 Å². The van der Waals surface area contributed by atoms with E-state index in [4.69, 9.17) is 20.9 Å². The molecule has 0 saturated heterocycles. The monoisotopic (exact) mass is 431 g/mol. The first-order valence-electron chi connectivity index (χ1n) is 9.33. The lowest BCUT2D eigenvalue weighted by atomic mass is 10.2. The summed E-state index contributed by atoms with van der Waals surface area (Å²) in [7, 11) is 5.01. The van der Waals surface area contributed by atoms with Crippen molar-refractivity contribution in [2.45, 2.75) is 13.0 Å². The molecule has 0 fully saturated rings. The molecule has 158 valence electrons. The highest BCUT2D eigenvalue weighted by molar-refractivity contribution is 6.30. The SMILES string of the molecule is CN=C(NCCc1nc(-c2cccc(Cl)c2)no1)N(C)Cc1ccc(OC)c(F)c1. The molecule has 0 radical (unpaired) electrons. The highest BCUT2D eigenvalue weighted by Crippen LogP contribution is 2.20. The Morgan fingerprint density at radius 2 is 2.13 bits per heavy atom. The van der Waals surface area contributed by atoms with Gasteiger partial charge in [-0.25, -0.2) is 4.39 Å². The molecular weight excluding hydrogens is 409 g/mol. The third-order valence-electron chi connectivity index (χ3n) is 4.38. The molecule has 0 atom stereocenters. The van der Waals surface area contributed by atoms with Gasteiger partial charge < -0.3 is 19.5 Å². The molecule has 1 N–H and O–H groups in total. The van der Waals surface area contributed by atoms with Crippen LogP contribution >= 0.6 is 11.6 Å². The van der Waals surface area contributed by atoms with Crippen molar-refractivity contribution >= 4 is 17.6 Å². The Kier molecular flexibility index (Phi) is 7.24. The van der Waals surface area contributed by atoms with E-state index in [1.54, 1.807) is 25.2 Å². The van der Waals surface area contributed by atoms with E-state index in [0.29, 0.717) is 42.2 Å². The summed E-state index contributed by atoms with van der Waals surface area (Å²) in [6.45, 7) is 1.03. The van der Waals surface area contributed by atoms with E-state index in [1.807, 2.05) is 30.1 Å². The number of halogens is 2. The number of hydrogen-bond acceptors (Lipinski definition) is 5. The van der Waals surface area contributed by atoms with E-state index >= 15 is 0 Å². The number of rotatable bonds is 7. The molecular formula is C21H23ClFN5O2.